The molecule has 0 bridgehead atoms. The second-order valence-electron chi connectivity index (χ2n) is 9.46. The maximum atomic E-state index is 13.4. The third-order valence-corrected chi connectivity index (χ3v) is 8.19. The summed E-state index contributed by atoms with van der Waals surface area (Å²) in [5.41, 5.74) is -6.18. The minimum atomic E-state index is -5.56. The molecule has 0 aliphatic carbocycles. The quantitative estimate of drug-likeness (QED) is 0.491. The maximum absolute atomic E-state index is 13.4. The van der Waals surface area contributed by atoms with Crippen molar-refractivity contribution in [2.24, 2.45) is 0 Å². The van der Waals surface area contributed by atoms with Gasteiger partial charge in [-0.05, 0) is 63.9 Å². The number of aromatic nitrogens is 1. The Balaban J connectivity index is 1.58. The number of carbonyl (C=O) groups is 2. The first-order chi connectivity index (χ1) is 17.2. The first-order valence-corrected chi connectivity index (χ1v) is 13.1. The molecule has 2 fully saturated rings. The largest absolute Gasteiger partial charge is 0.501 e. The molecule has 2 aliphatic rings. The number of ether oxygens (including phenoxy) is 1. The summed E-state index contributed by atoms with van der Waals surface area (Å²) in [5, 5.41) is 0. The smallest absolute Gasteiger partial charge is 0.473 e. The number of pyridine rings is 1. The summed E-state index contributed by atoms with van der Waals surface area (Å²) >= 11 is 0. The maximum Gasteiger partial charge on any atom is 0.501 e. The van der Waals surface area contributed by atoms with Gasteiger partial charge in [0.25, 0.3) is 15.7 Å². The third-order valence-electron chi connectivity index (χ3n) is 6.68. The van der Waals surface area contributed by atoms with Gasteiger partial charge in [0, 0.05) is 24.8 Å². The molecule has 0 radical (unpaired) electrons. The van der Waals surface area contributed by atoms with Gasteiger partial charge in [0.15, 0.2) is 0 Å². The predicted octanol–water partition coefficient (Wildman–Crippen LogP) is 3.94. The molecule has 3 amide bonds. The molecule has 0 N–H and O–H groups in total. The lowest BCUT2D eigenvalue weighted by Gasteiger charge is -2.29. The Morgan fingerprint density at radius 3 is 2.30 bits per heavy atom. The molecular weight excluding hydrogens is 513 g/mol. The van der Waals surface area contributed by atoms with Crippen LogP contribution in [0.3, 0.4) is 0 Å². The first-order valence-electron chi connectivity index (χ1n) is 11.7. The second kappa shape index (κ2) is 9.60. The van der Waals surface area contributed by atoms with Gasteiger partial charge in [-0.3, -0.25) is 14.7 Å². The van der Waals surface area contributed by atoms with Gasteiger partial charge in [-0.2, -0.15) is 13.2 Å². The molecule has 0 saturated carbocycles. The third kappa shape index (κ3) is 4.89. The van der Waals surface area contributed by atoms with E-state index in [2.05, 4.69) is 9.88 Å². The van der Waals surface area contributed by atoms with Gasteiger partial charge >= 0.3 is 11.5 Å². The van der Waals surface area contributed by atoms with Crippen LogP contribution in [0.2, 0.25) is 0 Å². The van der Waals surface area contributed by atoms with Crippen LogP contribution in [0, 0.1) is 0 Å². The highest BCUT2D eigenvalue weighted by molar-refractivity contribution is 7.92. The Labute approximate surface area is 212 Å². The fourth-order valence-electron chi connectivity index (χ4n) is 4.42. The molecule has 2 aliphatic heterocycles. The normalized spacial score (nSPS) is 19.5. The average Bonchev–Trinajstić information content (AvgIpc) is 3.42. The van der Waals surface area contributed by atoms with Gasteiger partial charge in [-0.1, -0.05) is 0 Å². The molecule has 1 unspecified atom stereocenters. The highest BCUT2D eigenvalue weighted by atomic mass is 32.2. The SMILES string of the molecule is CC(Oc1cnccc1CN1C(=O)N(c2ccc(S(=O)(=O)C(F)(F)F)cc2)C(=O)C1(C)C)N1CCCC1. The molecule has 9 nitrogen and oxygen atoms in total. The van der Waals surface area contributed by atoms with Gasteiger partial charge < -0.3 is 9.64 Å². The fourth-order valence-corrected chi connectivity index (χ4v) is 5.18. The number of benzene rings is 1. The first kappa shape index (κ1) is 26.9. The van der Waals surface area contributed by atoms with Crippen LogP contribution >= 0.6 is 0 Å². The molecule has 1 atom stereocenters. The second-order valence-corrected chi connectivity index (χ2v) is 11.4. The number of hydrogen-bond donors (Lipinski definition) is 0. The van der Waals surface area contributed by atoms with E-state index in [-0.39, 0.29) is 18.5 Å². The van der Waals surface area contributed by atoms with Crippen LogP contribution in [0.1, 0.15) is 39.2 Å². The Hall–Kier alpha value is -3.19. The van der Waals surface area contributed by atoms with Crippen molar-refractivity contribution in [3.8, 4) is 5.75 Å². The zero-order chi connectivity index (χ0) is 27.2. The van der Waals surface area contributed by atoms with Crippen molar-refractivity contribution >= 4 is 27.5 Å². The van der Waals surface area contributed by atoms with E-state index in [0.29, 0.717) is 11.3 Å². The van der Waals surface area contributed by atoms with Gasteiger partial charge in [0.1, 0.15) is 17.5 Å². The summed E-state index contributed by atoms with van der Waals surface area (Å²) in [7, 11) is -5.56. The molecule has 2 saturated heterocycles. The van der Waals surface area contributed by atoms with E-state index in [9.17, 15) is 31.2 Å². The Kier molecular flexibility index (Phi) is 6.97. The zero-order valence-corrected chi connectivity index (χ0v) is 21.3. The van der Waals surface area contributed by atoms with E-state index in [0.717, 1.165) is 55.1 Å². The molecule has 13 heteroatoms. The van der Waals surface area contributed by atoms with E-state index < -0.39 is 37.7 Å². The van der Waals surface area contributed by atoms with Crippen molar-refractivity contribution in [1.29, 1.82) is 0 Å². The van der Waals surface area contributed by atoms with E-state index in [1.807, 2.05) is 6.92 Å². The number of amides is 3. The summed E-state index contributed by atoms with van der Waals surface area (Å²) in [6.45, 7) is 6.90. The lowest BCUT2D eigenvalue weighted by molar-refractivity contribution is -0.123. The zero-order valence-electron chi connectivity index (χ0n) is 20.5. The highest BCUT2D eigenvalue weighted by Gasteiger charge is 2.52. The number of anilines is 1. The summed E-state index contributed by atoms with van der Waals surface area (Å²) in [6.07, 6.45) is 5.07. The molecular formula is C24H27F3N4O5S. The van der Waals surface area contributed by atoms with Crippen LogP contribution in [0.4, 0.5) is 23.7 Å². The van der Waals surface area contributed by atoms with Crippen LogP contribution in [0.25, 0.3) is 0 Å². The Morgan fingerprint density at radius 1 is 1.08 bits per heavy atom. The van der Waals surface area contributed by atoms with Crippen LogP contribution < -0.4 is 9.64 Å². The molecule has 2 aromatic rings. The molecule has 37 heavy (non-hydrogen) atoms. The number of hydrogen-bond acceptors (Lipinski definition) is 7. The highest BCUT2D eigenvalue weighted by Crippen LogP contribution is 2.36. The van der Waals surface area contributed by atoms with Crippen LogP contribution in [0.5, 0.6) is 5.75 Å². The van der Waals surface area contributed by atoms with E-state index >= 15 is 0 Å². The molecule has 200 valence electrons. The van der Waals surface area contributed by atoms with Gasteiger partial charge in [0.2, 0.25) is 0 Å². The number of imide groups is 1. The number of urea groups is 1. The Bertz CT molecular complexity index is 1290. The van der Waals surface area contributed by atoms with Crippen LogP contribution in [-0.2, 0) is 21.2 Å². The van der Waals surface area contributed by atoms with E-state index in [4.69, 9.17) is 4.74 Å². The number of sulfone groups is 1. The monoisotopic (exact) mass is 540 g/mol. The van der Waals surface area contributed by atoms with Crippen LogP contribution in [-0.4, -0.2) is 65.5 Å². The summed E-state index contributed by atoms with van der Waals surface area (Å²) in [4.78, 5) is 34.1. The van der Waals surface area contributed by atoms with E-state index in [1.54, 1.807) is 32.3 Å². The van der Waals surface area contributed by atoms with Crippen LogP contribution in [0.15, 0.2) is 47.6 Å². The van der Waals surface area contributed by atoms with E-state index in [1.165, 1.54) is 4.90 Å². The number of carbonyl (C=O) groups excluding carboxylic acids is 2. The van der Waals surface area contributed by atoms with Crippen molar-refractivity contribution in [3.63, 3.8) is 0 Å². The summed E-state index contributed by atoms with van der Waals surface area (Å²) < 4.78 is 68.1. The number of nitrogens with zero attached hydrogens (tertiary/aromatic N) is 4. The number of rotatable bonds is 7. The van der Waals surface area contributed by atoms with Crippen molar-refractivity contribution in [1.82, 2.24) is 14.8 Å². The van der Waals surface area contributed by atoms with Crippen molar-refractivity contribution < 1.29 is 35.9 Å². The summed E-state index contributed by atoms with van der Waals surface area (Å²) in [6, 6.07) is 4.46. The van der Waals surface area contributed by atoms with Crippen molar-refractivity contribution in [2.45, 2.75) is 62.3 Å². The number of alkyl halides is 3. The van der Waals surface area contributed by atoms with Crippen molar-refractivity contribution in [2.75, 3.05) is 18.0 Å². The van der Waals surface area contributed by atoms with Gasteiger partial charge in [-0.15, -0.1) is 0 Å². The topological polar surface area (TPSA) is 100 Å². The summed E-state index contributed by atoms with van der Waals surface area (Å²) in [5.74, 6) is -0.135. The fraction of sp³-hybridized carbons (Fsp3) is 0.458. The average molecular weight is 541 g/mol. The molecule has 4 rings (SSSR count). The minimum Gasteiger partial charge on any atom is -0.473 e. The Morgan fingerprint density at radius 2 is 1.70 bits per heavy atom. The van der Waals surface area contributed by atoms with Gasteiger partial charge in [0.05, 0.1) is 23.3 Å². The molecule has 3 heterocycles. The molecule has 0 spiro atoms. The minimum absolute atomic E-state index is 0.0131. The number of halogens is 3. The molecule has 1 aromatic carbocycles. The van der Waals surface area contributed by atoms with Crippen molar-refractivity contribution in [3.05, 3.63) is 48.3 Å². The lowest BCUT2D eigenvalue weighted by Crippen LogP contribution is -2.43. The number of likely N-dealkylation sites (tertiary alicyclic amines) is 1. The van der Waals surface area contributed by atoms with Gasteiger partial charge in [-0.25, -0.2) is 18.1 Å². The molecule has 1 aromatic heterocycles. The lowest BCUT2D eigenvalue weighted by atomic mass is 10.0. The predicted molar refractivity (Wildman–Crippen MR) is 127 cm³/mol. The standard InChI is InChI=1S/C24H27F3N4O5S/c1-16(29-12-4-5-13-29)36-20-14-28-11-10-17(20)15-30-22(33)31(21(32)23(30,2)3)18-6-8-19(9-7-18)37(34,35)24(25,26)27/h6-11,14,16H,4-5,12-13,15H2,1-3H3.